The van der Waals surface area contributed by atoms with Gasteiger partial charge in [-0.3, -0.25) is 19.3 Å². The minimum atomic E-state index is -1.95. The summed E-state index contributed by atoms with van der Waals surface area (Å²) in [5.74, 6) is -2.50. The number of piperazine rings is 1. The van der Waals surface area contributed by atoms with Crippen molar-refractivity contribution < 1.29 is 33.4 Å². The third-order valence-electron chi connectivity index (χ3n) is 5.30. The second-order valence-electron chi connectivity index (χ2n) is 7.14. The van der Waals surface area contributed by atoms with E-state index < -0.39 is 34.3 Å². The molecule has 10 heteroatoms. The number of hydrogen-bond acceptors (Lipinski definition) is 7. The lowest BCUT2D eigenvalue weighted by molar-refractivity contribution is 0.0655. The predicted octanol–water partition coefficient (Wildman–Crippen LogP) is 0.810. The lowest BCUT2D eigenvalue weighted by Crippen LogP contribution is -2.49. The van der Waals surface area contributed by atoms with Crippen LogP contribution in [-0.2, 0) is 11.1 Å². The summed E-state index contributed by atoms with van der Waals surface area (Å²) >= 11 is -1.95. The van der Waals surface area contributed by atoms with Crippen LogP contribution in [0.4, 0.5) is 0 Å². The zero-order valence-corrected chi connectivity index (χ0v) is 16.5. The molecule has 1 unspecified atom stereocenters. The Kier molecular flexibility index (Phi) is 5.14. The van der Waals surface area contributed by atoms with E-state index in [1.165, 1.54) is 29.2 Å². The Labute approximate surface area is 173 Å². The minimum Gasteiger partial charge on any atom is -0.507 e. The van der Waals surface area contributed by atoms with Gasteiger partial charge in [-0.25, -0.2) is 4.21 Å². The van der Waals surface area contributed by atoms with Gasteiger partial charge in [0.2, 0.25) is 5.78 Å². The normalized spacial score (nSPS) is 17.4. The van der Waals surface area contributed by atoms with Crippen LogP contribution in [0.2, 0.25) is 0 Å². The predicted molar refractivity (Wildman–Crippen MR) is 106 cm³/mol. The van der Waals surface area contributed by atoms with Crippen LogP contribution in [0, 0.1) is 0 Å². The van der Waals surface area contributed by atoms with Gasteiger partial charge in [-0.15, -0.1) is 0 Å². The fraction of sp³-hybridized carbons (Fsp3) is 0.250. The summed E-state index contributed by atoms with van der Waals surface area (Å²) < 4.78 is 19.9. The number of rotatable bonds is 3. The van der Waals surface area contributed by atoms with E-state index in [4.69, 9.17) is 4.55 Å². The molecule has 1 heterocycles. The smallest absolute Gasteiger partial charge is 0.254 e. The van der Waals surface area contributed by atoms with Crippen LogP contribution in [0.5, 0.6) is 11.5 Å². The Morgan fingerprint density at radius 2 is 1.60 bits per heavy atom. The van der Waals surface area contributed by atoms with Gasteiger partial charge in [-0.1, -0.05) is 12.1 Å². The Morgan fingerprint density at radius 3 is 2.27 bits per heavy atom. The molecule has 156 valence electrons. The maximum absolute atomic E-state index is 12.9. The standard InChI is InChI=1S/C20H18N2O7S/c23-14-3-1-2-12-16(14)19(26)17-13(18(12)25)8-11(9-15(17)24)20(27)22-6-4-21(5-7-22)10-30(28)29/h1-3,8-9,23-24H,4-7,10H2,(H,28,29). The molecule has 2 aromatic carbocycles. The van der Waals surface area contributed by atoms with E-state index in [1.807, 2.05) is 0 Å². The van der Waals surface area contributed by atoms with Gasteiger partial charge in [0.1, 0.15) is 17.4 Å². The third-order valence-corrected chi connectivity index (χ3v) is 5.89. The molecule has 1 aliphatic carbocycles. The fourth-order valence-corrected chi connectivity index (χ4v) is 4.40. The van der Waals surface area contributed by atoms with E-state index in [0.717, 1.165) is 6.07 Å². The first kappa shape index (κ1) is 20.2. The van der Waals surface area contributed by atoms with Crippen LogP contribution < -0.4 is 0 Å². The van der Waals surface area contributed by atoms with Crippen LogP contribution in [0.25, 0.3) is 0 Å². The number of carbonyl (C=O) groups is 3. The number of nitrogens with zero attached hydrogens (tertiary/aromatic N) is 2. The number of amides is 1. The van der Waals surface area contributed by atoms with Crippen molar-refractivity contribution >= 4 is 28.6 Å². The van der Waals surface area contributed by atoms with Crippen molar-refractivity contribution in [2.24, 2.45) is 0 Å². The molecule has 1 aliphatic heterocycles. The van der Waals surface area contributed by atoms with Crippen molar-refractivity contribution in [1.82, 2.24) is 9.80 Å². The molecule has 3 N–H and O–H groups in total. The average molecular weight is 430 g/mol. The molecular weight excluding hydrogens is 412 g/mol. The molecule has 4 rings (SSSR count). The molecule has 30 heavy (non-hydrogen) atoms. The highest BCUT2D eigenvalue weighted by Crippen LogP contribution is 2.37. The van der Waals surface area contributed by atoms with Crippen molar-refractivity contribution in [2.45, 2.75) is 0 Å². The van der Waals surface area contributed by atoms with Crippen LogP contribution in [0.3, 0.4) is 0 Å². The number of aromatic hydroxyl groups is 2. The molecule has 1 atom stereocenters. The van der Waals surface area contributed by atoms with E-state index in [1.54, 1.807) is 4.90 Å². The van der Waals surface area contributed by atoms with Gasteiger partial charge < -0.3 is 19.7 Å². The Hall–Kier alpha value is -3.08. The van der Waals surface area contributed by atoms with Gasteiger partial charge in [-0.2, -0.15) is 0 Å². The molecule has 0 saturated carbocycles. The highest BCUT2D eigenvalue weighted by Gasteiger charge is 2.35. The molecular formula is C20H18N2O7S. The van der Waals surface area contributed by atoms with Crippen LogP contribution in [-0.4, -0.2) is 78.3 Å². The van der Waals surface area contributed by atoms with Gasteiger partial charge in [0.05, 0.1) is 11.1 Å². The molecule has 1 amide bonds. The largest absolute Gasteiger partial charge is 0.507 e. The van der Waals surface area contributed by atoms with E-state index in [0.29, 0.717) is 26.2 Å². The number of hydrogen-bond donors (Lipinski definition) is 3. The van der Waals surface area contributed by atoms with Crippen molar-refractivity contribution in [3.63, 3.8) is 0 Å². The SMILES string of the molecule is O=C1c2cccc(O)c2C(=O)c2c(O)cc(C(=O)N3CCN(CS(=O)O)CC3)cc21. The summed E-state index contributed by atoms with van der Waals surface area (Å²) in [4.78, 5) is 41.9. The van der Waals surface area contributed by atoms with Gasteiger partial charge >= 0.3 is 0 Å². The van der Waals surface area contributed by atoms with Gasteiger partial charge in [0.25, 0.3) is 5.91 Å². The first-order valence-corrected chi connectivity index (χ1v) is 10.4. The minimum absolute atomic E-state index is 0.00450. The highest BCUT2D eigenvalue weighted by molar-refractivity contribution is 7.79. The Morgan fingerprint density at radius 1 is 0.933 bits per heavy atom. The van der Waals surface area contributed by atoms with Crippen LogP contribution in [0.1, 0.15) is 42.2 Å². The monoisotopic (exact) mass is 430 g/mol. The number of benzene rings is 2. The quantitative estimate of drug-likeness (QED) is 0.520. The molecule has 0 aromatic heterocycles. The first-order valence-electron chi connectivity index (χ1n) is 9.15. The zero-order valence-electron chi connectivity index (χ0n) is 15.7. The van der Waals surface area contributed by atoms with E-state index in [-0.39, 0.29) is 39.4 Å². The summed E-state index contributed by atoms with van der Waals surface area (Å²) in [5, 5.41) is 20.4. The van der Waals surface area contributed by atoms with Crippen LogP contribution in [0.15, 0.2) is 30.3 Å². The van der Waals surface area contributed by atoms with Gasteiger partial charge in [-0.05, 0) is 18.2 Å². The molecule has 2 aliphatic rings. The second kappa shape index (κ2) is 7.63. The summed E-state index contributed by atoms with van der Waals surface area (Å²) in [5.41, 5.74) is -0.407. The number of ketones is 2. The number of fused-ring (bicyclic) bond motifs is 2. The lowest BCUT2D eigenvalue weighted by atomic mass is 9.82. The molecule has 1 fully saturated rings. The topological polar surface area (TPSA) is 135 Å². The number of phenolic OH excluding ortho intramolecular Hbond substituents is 2. The van der Waals surface area contributed by atoms with Crippen molar-refractivity contribution in [2.75, 3.05) is 32.1 Å². The summed E-state index contributed by atoms with van der Waals surface area (Å²) in [6.45, 7) is 1.47. The van der Waals surface area contributed by atoms with Crippen molar-refractivity contribution in [1.29, 1.82) is 0 Å². The highest BCUT2D eigenvalue weighted by atomic mass is 32.2. The fourth-order valence-electron chi connectivity index (χ4n) is 3.82. The second-order valence-corrected chi connectivity index (χ2v) is 8.04. The van der Waals surface area contributed by atoms with Crippen molar-refractivity contribution in [3.8, 4) is 11.5 Å². The van der Waals surface area contributed by atoms with Gasteiger partial charge in [0.15, 0.2) is 16.9 Å². The number of carbonyl (C=O) groups excluding carboxylic acids is 3. The lowest BCUT2D eigenvalue weighted by Gasteiger charge is -2.34. The zero-order chi connectivity index (χ0) is 21.6. The average Bonchev–Trinajstić information content (AvgIpc) is 2.71. The Bertz CT molecular complexity index is 1110. The van der Waals surface area contributed by atoms with Crippen molar-refractivity contribution in [3.05, 3.63) is 58.1 Å². The van der Waals surface area contributed by atoms with Crippen LogP contribution >= 0.6 is 0 Å². The van der Waals surface area contributed by atoms with E-state index >= 15 is 0 Å². The van der Waals surface area contributed by atoms with Gasteiger partial charge in [0, 0.05) is 42.9 Å². The molecule has 0 bridgehead atoms. The summed E-state index contributed by atoms with van der Waals surface area (Å²) in [6, 6.07) is 6.58. The van der Waals surface area contributed by atoms with E-state index in [2.05, 4.69) is 0 Å². The molecule has 0 radical (unpaired) electrons. The Balaban J connectivity index is 1.64. The maximum atomic E-state index is 12.9. The molecule has 0 spiro atoms. The summed E-state index contributed by atoms with van der Waals surface area (Å²) in [7, 11) is 0. The molecule has 9 nitrogen and oxygen atoms in total. The maximum Gasteiger partial charge on any atom is 0.254 e. The molecule has 1 saturated heterocycles. The summed E-state index contributed by atoms with van der Waals surface area (Å²) in [6.07, 6.45) is 0. The first-order chi connectivity index (χ1) is 14.3. The van der Waals surface area contributed by atoms with E-state index in [9.17, 15) is 28.8 Å². The number of phenols is 2. The third kappa shape index (κ3) is 3.38. The molecule has 2 aromatic rings.